The van der Waals surface area contributed by atoms with Crippen molar-refractivity contribution in [1.29, 1.82) is 0 Å². The maximum atomic E-state index is 12.8. The number of rotatable bonds is 3. The first-order valence-electron chi connectivity index (χ1n) is 8.27. The van der Waals surface area contributed by atoms with E-state index in [0.717, 1.165) is 25.1 Å². The first-order chi connectivity index (χ1) is 11.7. The average molecular weight is 324 g/mol. The number of nitrogens with two attached hydrogens (primary N) is 1. The highest BCUT2D eigenvalue weighted by molar-refractivity contribution is 6.04. The summed E-state index contributed by atoms with van der Waals surface area (Å²) in [5.74, 6) is 1.21. The summed E-state index contributed by atoms with van der Waals surface area (Å²) in [6.07, 6.45) is 2.12. The van der Waals surface area contributed by atoms with Crippen molar-refractivity contribution in [3.8, 4) is 11.5 Å². The Morgan fingerprint density at radius 3 is 2.71 bits per heavy atom. The molecule has 4 rings (SSSR count). The first-order valence-corrected chi connectivity index (χ1v) is 8.27. The number of hydrogen-bond donors (Lipinski definition) is 1. The van der Waals surface area contributed by atoms with Crippen molar-refractivity contribution in [2.75, 3.05) is 36.9 Å². The molecular weight excluding hydrogens is 304 g/mol. The van der Waals surface area contributed by atoms with Gasteiger partial charge in [0.25, 0.3) is 0 Å². The zero-order valence-corrected chi connectivity index (χ0v) is 13.5. The Morgan fingerprint density at radius 2 is 1.88 bits per heavy atom. The molecule has 0 amide bonds. The minimum absolute atomic E-state index is 0.00109. The van der Waals surface area contributed by atoms with Crippen molar-refractivity contribution in [2.45, 2.75) is 12.8 Å². The number of anilines is 2. The molecule has 2 aliphatic rings. The lowest BCUT2D eigenvalue weighted by Gasteiger charge is -2.31. The van der Waals surface area contributed by atoms with E-state index in [4.69, 9.17) is 15.2 Å². The lowest BCUT2D eigenvalue weighted by molar-refractivity contribution is 0.0998. The minimum atomic E-state index is 0.00109. The summed E-state index contributed by atoms with van der Waals surface area (Å²) in [6.45, 7) is 2.20. The van der Waals surface area contributed by atoms with Gasteiger partial charge in [-0.2, -0.15) is 0 Å². The molecule has 0 bridgehead atoms. The van der Waals surface area contributed by atoms with E-state index < -0.39 is 0 Å². The maximum Gasteiger partial charge on any atom is 0.184 e. The number of hydrogen-bond acceptors (Lipinski definition) is 5. The molecule has 0 saturated carbocycles. The van der Waals surface area contributed by atoms with E-state index in [1.807, 2.05) is 12.1 Å². The number of nitrogens with zero attached hydrogens (tertiary/aromatic N) is 1. The van der Waals surface area contributed by atoms with Crippen LogP contribution in [0.15, 0.2) is 36.4 Å². The molecule has 124 valence electrons. The molecule has 2 N–H and O–H groups in total. The van der Waals surface area contributed by atoms with Gasteiger partial charge in [-0.05, 0) is 30.5 Å². The molecule has 2 aromatic carbocycles. The summed E-state index contributed by atoms with van der Waals surface area (Å²) in [4.78, 5) is 14.9. The van der Waals surface area contributed by atoms with E-state index >= 15 is 0 Å². The highest BCUT2D eigenvalue weighted by Gasteiger charge is 2.23. The van der Waals surface area contributed by atoms with Crippen molar-refractivity contribution < 1.29 is 14.3 Å². The maximum absolute atomic E-state index is 12.8. The van der Waals surface area contributed by atoms with Crippen LogP contribution >= 0.6 is 0 Å². The van der Waals surface area contributed by atoms with Crippen molar-refractivity contribution in [3.63, 3.8) is 0 Å². The van der Waals surface area contributed by atoms with Gasteiger partial charge >= 0.3 is 0 Å². The fourth-order valence-electron chi connectivity index (χ4n) is 3.38. The Hall–Kier alpha value is -2.69. The molecule has 0 radical (unpaired) electrons. The smallest absolute Gasteiger partial charge is 0.184 e. The zero-order chi connectivity index (χ0) is 16.5. The third-order valence-electron chi connectivity index (χ3n) is 4.56. The Bertz CT molecular complexity index is 788. The van der Waals surface area contributed by atoms with Gasteiger partial charge in [0.05, 0.1) is 6.54 Å². The number of para-hydroxylation sites is 1. The molecule has 5 heteroatoms. The van der Waals surface area contributed by atoms with Gasteiger partial charge in [-0.15, -0.1) is 0 Å². The highest BCUT2D eigenvalue weighted by Crippen LogP contribution is 2.35. The van der Waals surface area contributed by atoms with Crippen LogP contribution in [0.25, 0.3) is 0 Å². The van der Waals surface area contributed by atoms with E-state index in [0.29, 0.717) is 42.5 Å². The number of carbonyl (C=O) groups excluding carboxylic acids is 1. The van der Waals surface area contributed by atoms with Crippen molar-refractivity contribution >= 4 is 17.2 Å². The fourth-order valence-corrected chi connectivity index (χ4v) is 3.38. The van der Waals surface area contributed by atoms with Crippen LogP contribution in [0.3, 0.4) is 0 Å². The van der Waals surface area contributed by atoms with E-state index in [1.165, 1.54) is 5.56 Å². The van der Waals surface area contributed by atoms with Crippen molar-refractivity contribution in [1.82, 2.24) is 0 Å². The van der Waals surface area contributed by atoms with Crippen molar-refractivity contribution in [2.24, 2.45) is 0 Å². The van der Waals surface area contributed by atoms with Gasteiger partial charge in [-0.3, -0.25) is 4.79 Å². The average Bonchev–Trinajstić information content (AvgIpc) is 2.61. The largest absolute Gasteiger partial charge is 0.486 e. The normalized spacial score (nSPS) is 15.8. The van der Waals surface area contributed by atoms with Crippen molar-refractivity contribution in [3.05, 3.63) is 47.5 Å². The molecule has 2 aromatic rings. The topological polar surface area (TPSA) is 64.8 Å². The first kappa shape index (κ1) is 14.9. The molecule has 0 aliphatic carbocycles. The molecule has 5 nitrogen and oxygen atoms in total. The van der Waals surface area contributed by atoms with E-state index in [9.17, 15) is 4.79 Å². The second kappa shape index (κ2) is 6.07. The van der Waals surface area contributed by atoms with Crippen LogP contribution in [0.1, 0.15) is 22.3 Å². The third kappa shape index (κ3) is 2.66. The Morgan fingerprint density at radius 1 is 1.12 bits per heavy atom. The Balaban J connectivity index is 1.59. The van der Waals surface area contributed by atoms with Gasteiger partial charge in [-0.1, -0.05) is 18.2 Å². The summed E-state index contributed by atoms with van der Waals surface area (Å²) in [5.41, 5.74) is 9.46. The molecular formula is C19H20N2O3. The van der Waals surface area contributed by atoms with E-state index in [-0.39, 0.29) is 5.78 Å². The quantitative estimate of drug-likeness (QED) is 0.694. The number of ether oxygens (including phenoxy) is 2. The number of nitrogen functional groups attached to an aromatic ring is 1. The summed E-state index contributed by atoms with van der Waals surface area (Å²) in [7, 11) is 0. The highest BCUT2D eigenvalue weighted by atomic mass is 16.6. The molecule has 0 fully saturated rings. The van der Waals surface area contributed by atoms with Crippen LogP contribution in [-0.2, 0) is 6.42 Å². The Labute approximate surface area is 141 Å². The number of ketones is 1. The lowest BCUT2D eigenvalue weighted by Crippen LogP contribution is -2.34. The molecule has 2 aliphatic heterocycles. The van der Waals surface area contributed by atoms with Gasteiger partial charge in [0.15, 0.2) is 17.3 Å². The SMILES string of the molecule is Nc1cc2c(cc1C(=O)CN1CCCc3ccccc31)OCCO2. The van der Waals surface area contributed by atoms with Crippen LogP contribution in [0.5, 0.6) is 11.5 Å². The fraction of sp³-hybridized carbons (Fsp3) is 0.316. The van der Waals surface area contributed by atoms with Crippen LogP contribution in [0.4, 0.5) is 11.4 Å². The van der Waals surface area contributed by atoms with E-state index in [1.54, 1.807) is 12.1 Å². The van der Waals surface area contributed by atoms with Crippen LogP contribution < -0.4 is 20.1 Å². The molecule has 0 saturated heterocycles. The number of aryl methyl sites for hydroxylation is 1. The predicted octanol–water partition coefficient (Wildman–Crippen LogP) is 2.68. The monoisotopic (exact) mass is 324 g/mol. The number of fused-ring (bicyclic) bond motifs is 2. The second-order valence-corrected chi connectivity index (χ2v) is 6.16. The zero-order valence-electron chi connectivity index (χ0n) is 13.5. The molecule has 0 aromatic heterocycles. The number of Topliss-reactive ketones (excluding diaryl/α,β-unsaturated/α-hetero) is 1. The summed E-state index contributed by atoms with van der Waals surface area (Å²) in [5, 5.41) is 0. The predicted molar refractivity (Wildman–Crippen MR) is 93.2 cm³/mol. The standard InChI is InChI=1S/C19H20N2O3/c20-15-11-19-18(23-8-9-24-19)10-14(15)17(22)12-21-7-3-5-13-4-1-2-6-16(13)21/h1-2,4,6,10-11H,3,5,7-9,12,20H2. The molecule has 0 atom stereocenters. The van der Waals surface area contributed by atoms with Crippen LogP contribution in [-0.4, -0.2) is 32.1 Å². The third-order valence-corrected chi connectivity index (χ3v) is 4.56. The van der Waals surface area contributed by atoms with Crippen LogP contribution in [0, 0.1) is 0 Å². The second-order valence-electron chi connectivity index (χ2n) is 6.16. The molecule has 0 spiro atoms. The lowest BCUT2D eigenvalue weighted by atomic mass is 10.0. The Kier molecular flexibility index (Phi) is 3.76. The van der Waals surface area contributed by atoms with Gasteiger partial charge in [0, 0.05) is 29.5 Å². The molecule has 2 heterocycles. The minimum Gasteiger partial charge on any atom is -0.486 e. The van der Waals surface area contributed by atoms with Gasteiger partial charge in [-0.25, -0.2) is 0 Å². The molecule has 0 unspecified atom stereocenters. The van der Waals surface area contributed by atoms with Gasteiger partial charge < -0.3 is 20.1 Å². The van der Waals surface area contributed by atoms with Gasteiger partial charge in [0.2, 0.25) is 0 Å². The number of carbonyl (C=O) groups is 1. The number of benzene rings is 2. The molecule has 24 heavy (non-hydrogen) atoms. The van der Waals surface area contributed by atoms with E-state index in [2.05, 4.69) is 17.0 Å². The summed E-state index contributed by atoms with van der Waals surface area (Å²) < 4.78 is 11.1. The van der Waals surface area contributed by atoms with Crippen LogP contribution in [0.2, 0.25) is 0 Å². The van der Waals surface area contributed by atoms with Gasteiger partial charge in [0.1, 0.15) is 13.2 Å². The summed E-state index contributed by atoms with van der Waals surface area (Å²) >= 11 is 0. The summed E-state index contributed by atoms with van der Waals surface area (Å²) in [6, 6.07) is 11.7.